The van der Waals surface area contributed by atoms with Crippen LogP contribution in [-0.2, 0) is 9.59 Å². The topological polar surface area (TPSA) is 105 Å². The van der Waals surface area contributed by atoms with Crippen molar-refractivity contribution >= 4 is 28.9 Å². The number of benzene rings is 2. The van der Waals surface area contributed by atoms with E-state index in [1.807, 2.05) is 32.0 Å². The normalized spacial score (nSPS) is 10.5. The summed E-state index contributed by atoms with van der Waals surface area (Å²) in [5.41, 5.74) is 3.14. The predicted octanol–water partition coefficient (Wildman–Crippen LogP) is 2.72. The lowest BCUT2D eigenvalue weighted by molar-refractivity contribution is -0.384. The van der Waals surface area contributed by atoms with E-state index < -0.39 is 4.92 Å². The van der Waals surface area contributed by atoms with Crippen molar-refractivity contribution in [2.45, 2.75) is 13.8 Å². The summed E-state index contributed by atoms with van der Waals surface area (Å²) in [6.45, 7) is 3.91. The molecule has 2 aromatic carbocycles. The third-order valence-corrected chi connectivity index (χ3v) is 3.93. The van der Waals surface area contributed by atoms with Gasteiger partial charge in [0.15, 0.2) is 0 Å². The molecular formula is C19H22N4O4. The van der Waals surface area contributed by atoms with Crippen molar-refractivity contribution in [3.05, 3.63) is 63.7 Å². The number of likely N-dealkylation sites (N-methyl/N-ethyl adjacent to an activating group) is 1. The number of para-hydroxylation sites is 1. The van der Waals surface area contributed by atoms with Crippen LogP contribution in [0.25, 0.3) is 0 Å². The second-order valence-corrected chi connectivity index (χ2v) is 6.34. The van der Waals surface area contributed by atoms with Crippen LogP contribution in [0.4, 0.5) is 17.1 Å². The van der Waals surface area contributed by atoms with Gasteiger partial charge in [-0.1, -0.05) is 18.2 Å². The van der Waals surface area contributed by atoms with Crippen molar-refractivity contribution in [2.75, 3.05) is 30.8 Å². The Balaban J connectivity index is 1.85. The zero-order chi connectivity index (χ0) is 20.0. The average Bonchev–Trinajstić information content (AvgIpc) is 2.58. The first-order valence-corrected chi connectivity index (χ1v) is 8.35. The molecule has 0 radical (unpaired) electrons. The molecule has 2 aromatic rings. The largest absolute Gasteiger partial charge is 0.325 e. The van der Waals surface area contributed by atoms with Crippen LogP contribution < -0.4 is 10.6 Å². The van der Waals surface area contributed by atoms with E-state index in [4.69, 9.17) is 0 Å². The molecular weight excluding hydrogens is 348 g/mol. The monoisotopic (exact) mass is 370 g/mol. The highest BCUT2D eigenvalue weighted by Gasteiger charge is 2.13. The number of hydrogen-bond donors (Lipinski definition) is 2. The number of aryl methyl sites for hydroxylation is 2. The van der Waals surface area contributed by atoms with Gasteiger partial charge in [0, 0.05) is 23.5 Å². The summed E-state index contributed by atoms with van der Waals surface area (Å²) < 4.78 is 0. The van der Waals surface area contributed by atoms with E-state index in [1.165, 1.54) is 24.3 Å². The molecule has 142 valence electrons. The molecule has 0 fully saturated rings. The van der Waals surface area contributed by atoms with Gasteiger partial charge in [-0.15, -0.1) is 0 Å². The maximum atomic E-state index is 12.2. The third-order valence-electron chi connectivity index (χ3n) is 3.93. The van der Waals surface area contributed by atoms with Crippen LogP contribution in [-0.4, -0.2) is 41.8 Å². The lowest BCUT2D eigenvalue weighted by Gasteiger charge is -2.17. The number of rotatable bonds is 7. The summed E-state index contributed by atoms with van der Waals surface area (Å²) in [6, 6.07) is 11.3. The molecule has 0 saturated heterocycles. The van der Waals surface area contributed by atoms with Gasteiger partial charge < -0.3 is 10.6 Å². The SMILES string of the molecule is Cc1cccc(C)c1NC(=O)CN(C)CC(=O)Nc1ccc([N+](=O)[O-])cc1. The maximum Gasteiger partial charge on any atom is 0.269 e. The second kappa shape index (κ2) is 8.91. The first-order valence-electron chi connectivity index (χ1n) is 8.35. The van der Waals surface area contributed by atoms with Crippen LogP contribution in [0.3, 0.4) is 0 Å². The maximum absolute atomic E-state index is 12.2. The zero-order valence-corrected chi connectivity index (χ0v) is 15.5. The Kier molecular flexibility index (Phi) is 6.62. The van der Waals surface area contributed by atoms with Gasteiger partial charge in [0.1, 0.15) is 0 Å². The Morgan fingerprint density at radius 1 is 0.963 bits per heavy atom. The minimum Gasteiger partial charge on any atom is -0.325 e. The van der Waals surface area contributed by atoms with Gasteiger partial charge in [-0.2, -0.15) is 0 Å². The zero-order valence-electron chi connectivity index (χ0n) is 15.5. The molecule has 8 nitrogen and oxygen atoms in total. The Morgan fingerprint density at radius 3 is 2.00 bits per heavy atom. The van der Waals surface area contributed by atoms with E-state index in [2.05, 4.69) is 10.6 Å². The highest BCUT2D eigenvalue weighted by Crippen LogP contribution is 2.19. The van der Waals surface area contributed by atoms with Gasteiger partial charge in [-0.3, -0.25) is 24.6 Å². The molecule has 0 aliphatic carbocycles. The smallest absolute Gasteiger partial charge is 0.269 e. The second-order valence-electron chi connectivity index (χ2n) is 6.34. The molecule has 8 heteroatoms. The number of carbonyl (C=O) groups excluding carboxylic acids is 2. The molecule has 2 N–H and O–H groups in total. The summed E-state index contributed by atoms with van der Waals surface area (Å²) in [5, 5.41) is 16.1. The van der Waals surface area contributed by atoms with Gasteiger partial charge >= 0.3 is 0 Å². The number of amides is 2. The van der Waals surface area contributed by atoms with Crippen LogP contribution in [0.2, 0.25) is 0 Å². The molecule has 0 heterocycles. The molecule has 0 aliphatic heterocycles. The summed E-state index contributed by atoms with van der Waals surface area (Å²) in [6.07, 6.45) is 0. The Labute approximate surface area is 157 Å². The third kappa shape index (κ3) is 5.89. The van der Waals surface area contributed by atoms with E-state index in [1.54, 1.807) is 11.9 Å². The fourth-order valence-corrected chi connectivity index (χ4v) is 2.60. The van der Waals surface area contributed by atoms with Crippen molar-refractivity contribution in [3.63, 3.8) is 0 Å². The number of nitrogens with one attached hydrogen (secondary N) is 2. The number of nitro groups is 1. The summed E-state index contributed by atoms with van der Waals surface area (Å²) >= 11 is 0. The molecule has 0 aromatic heterocycles. The van der Waals surface area contributed by atoms with E-state index in [-0.39, 0.29) is 30.6 Å². The minimum absolute atomic E-state index is 0.0111. The Morgan fingerprint density at radius 2 is 1.48 bits per heavy atom. The molecule has 0 bridgehead atoms. The number of nitrogens with zero attached hydrogens (tertiary/aromatic N) is 2. The summed E-state index contributed by atoms with van der Waals surface area (Å²) in [5.74, 6) is -0.524. The van der Waals surface area contributed by atoms with Gasteiger partial charge in [0.2, 0.25) is 11.8 Å². The van der Waals surface area contributed by atoms with Crippen molar-refractivity contribution in [1.29, 1.82) is 0 Å². The molecule has 0 unspecified atom stereocenters. The van der Waals surface area contributed by atoms with Crippen molar-refractivity contribution in [3.8, 4) is 0 Å². The van der Waals surface area contributed by atoms with Gasteiger partial charge in [-0.05, 0) is 44.2 Å². The lowest BCUT2D eigenvalue weighted by Crippen LogP contribution is -2.36. The standard InChI is InChI=1S/C19H22N4O4/c1-13-5-4-6-14(2)19(13)21-18(25)12-22(3)11-17(24)20-15-7-9-16(10-8-15)23(26)27/h4-10H,11-12H2,1-3H3,(H,20,24)(H,21,25). The van der Waals surface area contributed by atoms with Crippen LogP contribution in [0.1, 0.15) is 11.1 Å². The number of hydrogen-bond acceptors (Lipinski definition) is 5. The summed E-state index contributed by atoms with van der Waals surface area (Å²) in [4.78, 5) is 36.0. The fraction of sp³-hybridized carbons (Fsp3) is 0.263. The van der Waals surface area contributed by atoms with Crippen molar-refractivity contribution in [2.24, 2.45) is 0 Å². The molecule has 0 aliphatic rings. The summed E-state index contributed by atoms with van der Waals surface area (Å²) in [7, 11) is 1.67. The van der Waals surface area contributed by atoms with Crippen LogP contribution >= 0.6 is 0 Å². The quantitative estimate of drug-likeness (QED) is 0.576. The lowest BCUT2D eigenvalue weighted by atomic mass is 10.1. The van der Waals surface area contributed by atoms with Crippen LogP contribution in [0, 0.1) is 24.0 Å². The fourth-order valence-electron chi connectivity index (χ4n) is 2.60. The Hall–Kier alpha value is -3.26. The molecule has 0 saturated carbocycles. The van der Waals surface area contributed by atoms with Crippen LogP contribution in [0.5, 0.6) is 0 Å². The van der Waals surface area contributed by atoms with E-state index >= 15 is 0 Å². The predicted molar refractivity (Wildman–Crippen MR) is 104 cm³/mol. The average molecular weight is 370 g/mol. The molecule has 2 amide bonds. The molecule has 2 rings (SSSR count). The number of anilines is 2. The number of nitro benzene ring substituents is 1. The van der Waals surface area contributed by atoms with E-state index in [9.17, 15) is 19.7 Å². The van der Waals surface area contributed by atoms with Crippen molar-refractivity contribution in [1.82, 2.24) is 4.90 Å². The molecule has 27 heavy (non-hydrogen) atoms. The van der Waals surface area contributed by atoms with Gasteiger partial charge in [0.25, 0.3) is 5.69 Å². The number of non-ortho nitro benzene ring substituents is 1. The van der Waals surface area contributed by atoms with Crippen molar-refractivity contribution < 1.29 is 14.5 Å². The minimum atomic E-state index is -0.506. The molecule has 0 atom stereocenters. The highest BCUT2D eigenvalue weighted by atomic mass is 16.6. The van der Waals surface area contributed by atoms with E-state index in [0.717, 1.165) is 16.8 Å². The van der Waals surface area contributed by atoms with Gasteiger partial charge in [0.05, 0.1) is 18.0 Å². The van der Waals surface area contributed by atoms with Crippen LogP contribution in [0.15, 0.2) is 42.5 Å². The van der Waals surface area contributed by atoms with Gasteiger partial charge in [-0.25, -0.2) is 0 Å². The number of carbonyl (C=O) groups is 2. The molecule has 0 spiro atoms. The first-order chi connectivity index (χ1) is 12.8. The first kappa shape index (κ1) is 20.1. The Bertz CT molecular complexity index is 829. The highest BCUT2D eigenvalue weighted by molar-refractivity contribution is 5.95. The van der Waals surface area contributed by atoms with E-state index in [0.29, 0.717) is 5.69 Å².